The summed E-state index contributed by atoms with van der Waals surface area (Å²) in [5, 5.41) is 13.1. The number of halogens is 3. The van der Waals surface area contributed by atoms with Gasteiger partial charge in [0, 0.05) is 30.1 Å². The second kappa shape index (κ2) is 5.76. The van der Waals surface area contributed by atoms with E-state index in [9.17, 15) is 23.3 Å². The van der Waals surface area contributed by atoms with Crippen LogP contribution in [0.4, 0.5) is 24.5 Å². The van der Waals surface area contributed by atoms with Crippen LogP contribution < -0.4 is 5.32 Å². The highest BCUT2D eigenvalue weighted by Crippen LogP contribution is 2.29. The average molecular weight is 266 g/mol. The fraction of sp³-hybridized carbons (Fsp3) is 0.333. The summed E-state index contributed by atoms with van der Waals surface area (Å²) in [6.45, 7) is 0.0886. The monoisotopic (exact) mass is 266 g/mol. The van der Waals surface area contributed by atoms with E-state index in [4.69, 9.17) is 0 Å². The van der Waals surface area contributed by atoms with E-state index in [1.807, 2.05) is 0 Å². The molecule has 1 aromatic carbocycles. The SMILES string of the molecule is O=[N+]([O-])c1cccc(NCCSC(F)(F)F)c1. The molecule has 0 amide bonds. The highest BCUT2D eigenvalue weighted by atomic mass is 32.2. The first-order chi connectivity index (χ1) is 7.88. The molecule has 0 radical (unpaired) electrons. The van der Waals surface area contributed by atoms with Crippen molar-refractivity contribution < 1.29 is 18.1 Å². The number of benzene rings is 1. The number of nitrogens with one attached hydrogen (secondary N) is 1. The third-order valence-corrected chi connectivity index (χ3v) is 2.49. The van der Waals surface area contributed by atoms with Crippen molar-refractivity contribution in [3.05, 3.63) is 34.4 Å². The Bertz CT molecular complexity index is 398. The molecule has 4 nitrogen and oxygen atoms in total. The number of hydrogen-bond acceptors (Lipinski definition) is 4. The van der Waals surface area contributed by atoms with Crippen molar-refractivity contribution in [1.29, 1.82) is 0 Å². The van der Waals surface area contributed by atoms with Crippen LogP contribution in [0.25, 0.3) is 0 Å². The van der Waals surface area contributed by atoms with Gasteiger partial charge in [0.2, 0.25) is 0 Å². The minimum atomic E-state index is -4.25. The normalized spacial score (nSPS) is 11.2. The predicted octanol–water partition coefficient (Wildman–Crippen LogP) is 3.26. The van der Waals surface area contributed by atoms with Gasteiger partial charge >= 0.3 is 5.51 Å². The topological polar surface area (TPSA) is 55.2 Å². The van der Waals surface area contributed by atoms with Gasteiger partial charge in [0.15, 0.2) is 0 Å². The van der Waals surface area contributed by atoms with Crippen LogP contribution in [-0.4, -0.2) is 22.7 Å². The molecule has 0 aliphatic carbocycles. The Balaban J connectivity index is 2.42. The summed E-state index contributed by atoms with van der Waals surface area (Å²) in [4.78, 5) is 9.88. The summed E-state index contributed by atoms with van der Waals surface area (Å²) in [6.07, 6.45) is 0. The molecule has 0 fully saturated rings. The summed E-state index contributed by atoms with van der Waals surface area (Å²) in [5.41, 5.74) is -3.91. The van der Waals surface area contributed by atoms with Crippen molar-refractivity contribution in [2.75, 3.05) is 17.6 Å². The van der Waals surface area contributed by atoms with Crippen molar-refractivity contribution in [3.8, 4) is 0 Å². The maximum atomic E-state index is 11.8. The van der Waals surface area contributed by atoms with Gasteiger partial charge in [-0.3, -0.25) is 10.1 Å². The minimum Gasteiger partial charge on any atom is -0.384 e. The number of non-ortho nitro benzene ring substituents is 1. The summed E-state index contributed by atoms with van der Waals surface area (Å²) < 4.78 is 35.4. The molecule has 0 spiro atoms. The second-order valence-electron chi connectivity index (χ2n) is 3.03. The van der Waals surface area contributed by atoms with E-state index in [1.54, 1.807) is 6.07 Å². The third-order valence-electron chi connectivity index (χ3n) is 1.75. The second-order valence-corrected chi connectivity index (χ2v) is 4.19. The molecule has 8 heteroatoms. The molecule has 0 bridgehead atoms. The Morgan fingerprint density at radius 2 is 2.12 bits per heavy atom. The first-order valence-electron chi connectivity index (χ1n) is 4.57. The third kappa shape index (κ3) is 5.43. The molecule has 0 aliphatic rings. The number of thioether (sulfide) groups is 1. The van der Waals surface area contributed by atoms with Crippen molar-refractivity contribution in [1.82, 2.24) is 0 Å². The smallest absolute Gasteiger partial charge is 0.384 e. The zero-order valence-electron chi connectivity index (χ0n) is 8.53. The molecular weight excluding hydrogens is 257 g/mol. The van der Waals surface area contributed by atoms with E-state index in [0.29, 0.717) is 5.69 Å². The zero-order valence-corrected chi connectivity index (χ0v) is 9.35. The van der Waals surface area contributed by atoms with Crippen LogP contribution in [0.2, 0.25) is 0 Å². The fourth-order valence-corrected chi connectivity index (χ4v) is 1.53. The Hall–Kier alpha value is -1.44. The number of anilines is 1. The molecule has 0 aliphatic heterocycles. The van der Waals surface area contributed by atoms with Crippen LogP contribution in [0.3, 0.4) is 0 Å². The lowest BCUT2D eigenvalue weighted by molar-refractivity contribution is -0.384. The van der Waals surface area contributed by atoms with Crippen LogP contribution in [0.1, 0.15) is 0 Å². The quantitative estimate of drug-likeness (QED) is 0.505. The molecule has 0 aromatic heterocycles. The summed E-state index contributed by atoms with van der Waals surface area (Å²) in [6, 6.07) is 5.62. The van der Waals surface area contributed by atoms with Crippen LogP contribution in [0.5, 0.6) is 0 Å². The van der Waals surface area contributed by atoms with Crippen LogP contribution in [0, 0.1) is 10.1 Å². The van der Waals surface area contributed by atoms with Crippen molar-refractivity contribution in [2.24, 2.45) is 0 Å². The number of alkyl halides is 3. The lowest BCUT2D eigenvalue weighted by Gasteiger charge is -2.07. The highest BCUT2D eigenvalue weighted by Gasteiger charge is 2.27. The van der Waals surface area contributed by atoms with E-state index in [1.165, 1.54) is 18.2 Å². The van der Waals surface area contributed by atoms with Gasteiger partial charge in [-0.05, 0) is 17.8 Å². The van der Waals surface area contributed by atoms with Crippen molar-refractivity contribution in [2.45, 2.75) is 5.51 Å². The number of hydrogen-bond donors (Lipinski definition) is 1. The van der Waals surface area contributed by atoms with Gasteiger partial charge in [0.25, 0.3) is 5.69 Å². The standard InChI is InChI=1S/C9H9F3N2O2S/c10-9(11,12)17-5-4-13-7-2-1-3-8(6-7)14(15)16/h1-3,6,13H,4-5H2. The zero-order chi connectivity index (χ0) is 12.9. The maximum Gasteiger partial charge on any atom is 0.441 e. The van der Waals surface area contributed by atoms with Crippen molar-refractivity contribution in [3.63, 3.8) is 0 Å². The van der Waals surface area contributed by atoms with Gasteiger partial charge in [-0.2, -0.15) is 13.2 Å². The first kappa shape index (κ1) is 13.6. The molecule has 0 heterocycles. The van der Waals surface area contributed by atoms with E-state index in [2.05, 4.69) is 5.32 Å². The molecular formula is C9H9F3N2O2S. The molecule has 1 rings (SSSR count). The van der Waals surface area contributed by atoms with E-state index >= 15 is 0 Å². The van der Waals surface area contributed by atoms with Gasteiger partial charge in [0.1, 0.15) is 0 Å². The predicted molar refractivity (Wildman–Crippen MR) is 60.1 cm³/mol. The minimum absolute atomic E-state index is 0.0886. The van der Waals surface area contributed by atoms with E-state index in [-0.39, 0.29) is 29.7 Å². The molecule has 1 aromatic rings. The number of nitrogens with zero attached hydrogens (tertiary/aromatic N) is 1. The number of nitro groups is 1. The lowest BCUT2D eigenvalue weighted by Crippen LogP contribution is -2.09. The van der Waals surface area contributed by atoms with Gasteiger partial charge in [-0.25, -0.2) is 0 Å². The van der Waals surface area contributed by atoms with Gasteiger partial charge in [0.05, 0.1) is 4.92 Å². The summed E-state index contributed by atoms with van der Waals surface area (Å²) >= 11 is -0.133. The van der Waals surface area contributed by atoms with Gasteiger partial charge < -0.3 is 5.32 Å². The average Bonchev–Trinajstić information content (AvgIpc) is 2.23. The van der Waals surface area contributed by atoms with Crippen LogP contribution in [0.15, 0.2) is 24.3 Å². The number of nitro benzene ring substituents is 1. The molecule has 1 N–H and O–H groups in total. The number of rotatable bonds is 5. The summed E-state index contributed by atoms with van der Waals surface area (Å²) in [5.74, 6) is -0.147. The Morgan fingerprint density at radius 3 is 2.71 bits per heavy atom. The van der Waals surface area contributed by atoms with Crippen molar-refractivity contribution >= 4 is 23.1 Å². The highest BCUT2D eigenvalue weighted by molar-refractivity contribution is 8.00. The Kier molecular flexibility index (Phi) is 4.62. The Labute approximate surface area is 99.3 Å². The molecule has 17 heavy (non-hydrogen) atoms. The van der Waals surface area contributed by atoms with Gasteiger partial charge in [-0.1, -0.05) is 6.07 Å². The van der Waals surface area contributed by atoms with E-state index in [0.717, 1.165) is 0 Å². The molecule has 0 unspecified atom stereocenters. The molecule has 94 valence electrons. The van der Waals surface area contributed by atoms with Gasteiger partial charge in [-0.15, -0.1) is 0 Å². The lowest BCUT2D eigenvalue weighted by atomic mass is 10.3. The van der Waals surface area contributed by atoms with Crippen LogP contribution in [-0.2, 0) is 0 Å². The van der Waals surface area contributed by atoms with E-state index < -0.39 is 10.4 Å². The molecule has 0 atom stereocenters. The first-order valence-corrected chi connectivity index (χ1v) is 5.56. The molecule has 0 saturated carbocycles. The summed E-state index contributed by atoms with van der Waals surface area (Å²) in [7, 11) is 0. The maximum absolute atomic E-state index is 11.8. The fourth-order valence-electron chi connectivity index (χ4n) is 1.09. The van der Waals surface area contributed by atoms with Crippen LogP contribution >= 0.6 is 11.8 Å². The molecule has 0 saturated heterocycles. The Morgan fingerprint density at radius 1 is 1.41 bits per heavy atom. The largest absolute Gasteiger partial charge is 0.441 e.